The van der Waals surface area contributed by atoms with E-state index in [9.17, 15) is 13.2 Å². The number of halogens is 4. The lowest BCUT2D eigenvalue weighted by molar-refractivity contribution is -0.274. The summed E-state index contributed by atoms with van der Waals surface area (Å²) in [5.74, 6) is -0.250. The average Bonchev–Trinajstić information content (AvgIpc) is 2.28. The summed E-state index contributed by atoms with van der Waals surface area (Å²) in [6.07, 6.45) is -4.68. The lowest BCUT2D eigenvalue weighted by Crippen LogP contribution is -2.16. The minimum atomic E-state index is -4.68. The van der Waals surface area contributed by atoms with Gasteiger partial charge in [0.15, 0.2) is 0 Å². The molecule has 0 saturated heterocycles. The van der Waals surface area contributed by atoms with Crippen LogP contribution in [0.4, 0.5) is 13.2 Å². The van der Waals surface area contributed by atoms with E-state index in [0.717, 1.165) is 16.7 Å². The number of benzene rings is 2. The van der Waals surface area contributed by atoms with Crippen molar-refractivity contribution in [2.45, 2.75) is 13.3 Å². The first-order chi connectivity index (χ1) is 8.85. The number of alkyl halides is 3. The molecule has 0 unspecified atom stereocenters. The quantitative estimate of drug-likeness (QED) is 0.736. The van der Waals surface area contributed by atoms with E-state index in [1.54, 1.807) is 6.07 Å². The van der Waals surface area contributed by atoms with E-state index in [2.05, 4.69) is 4.74 Å². The number of aryl methyl sites for hydroxylation is 1. The Hall–Kier alpha value is -1.68. The van der Waals surface area contributed by atoms with Gasteiger partial charge in [0.1, 0.15) is 5.75 Å². The molecule has 2 aromatic rings. The number of hydrogen-bond acceptors (Lipinski definition) is 1. The van der Waals surface area contributed by atoms with Crippen LogP contribution in [0.25, 0.3) is 11.1 Å². The summed E-state index contributed by atoms with van der Waals surface area (Å²) < 4.78 is 39.9. The largest absolute Gasteiger partial charge is 0.573 e. The maximum absolute atomic E-state index is 12.0. The highest BCUT2D eigenvalue weighted by Crippen LogP contribution is 2.31. The standard InChI is InChI=1S/C14H10ClF3O/c1-9-2-7-12(13(15)8-9)10-3-5-11(6-4-10)19-14(16,17)18/h2-8H,1H3. The minimum Gasteiger partial charge on any atom is -0.406 e. The summed E-state index contributed by atoms with van der Waals surface area (Å²) in [5.41, 5.74) is 2.52. The van der Waals surface area contributed by atoms with Crippen molar-refractivity contribution in [3.8, 4) is 16.9 Å². The Labute approximate surface area is 113 Å². The van der Waals surface area contributed by atoms with Crippen molar-refractivity contribution in [3.05, 3.63) is 53.1 Å². The van der Waals surface area contributed by atoms with Crippen LogP contribution < -0.4 is 4.74 Å². The van der Waals surface area contributed by atoms with Crippen molar-refractivity contribution in [1.29, 1.82) is 0 Å². The number of hydrogen-bond donors (Lipinski definition) is 0. The first-order valence-corrected chi connectivity index (χ1v) is 5.85. The molecule has 19 heavy (non-hydrogen) atoms. The van der Waals surface area contributed by atoms with Gasteiger partial charge in [-0.3, -0.25) is 0 Å². The van der Waals surface area contributed by atoms with Gasteiger partial charge in [-0.25, -0.2) is 0 Å². The number of ether oxygens (including phenoxy) is 1. The Bertz CT molecular complexity index is 576. The molecule has 0 heterocycles. The molecule has 0 saturated carbocycles. The molecule has 0 atom stereocenters. The van der Waals surface area contributed by atoms with Crippen molar-refractivity contribution in [2.75, 3.05) is 0 Å². The molecule has 2 rings (SSSR count). The second kappa shape index (κ2) is 5.13. The maximum Gasteiger partial charge on any atom is 0.573 e. The van der Waals surface area contributed by atoms with Crippen LogP contribution in [0, 0.1) is 6.92 Å². The summed E-state index contributed by atoms with van der Waals surface area (Å²) in [6.45, 7) is 1.91. The third kappa shape index (κ3) is 3.64. The van der Waals surface area contributed by atoms with Crippen LogP contribution in [0.3, 0.4) is 0 Å². The molecule has 0 aliphatic carbocycles. The predicted molar refractivity (Wildman–Crippen MR) is 68.3 cm³/mol. The van der Waals surface area contributed by atoms with Crippen LogP contribution in [0.1, 0.15) is 5.56 Å². The third-order valence-corrected chi connectivity index (χ3v) is 2.84. The third-order valence-electron chi connectivity index (χ3n) is 2.52. The molecule has 5 heteroatoms. The van der Waals surface area contributed by atoms with Gasteiger partial charge in [-0.1, -0.05) is 35.9 Å². The molecular formula is C14H10ClF3O. The van der Waals surface area contributed by atoms with E-state index in [-0.39, 0.29) is 5.75 Å². The highest BCUT2D eigenvalue weighted by molar-refractivity contribution is 6.33. The van der Waals surface area contributed by atoms with Crippen LogP contribution in [-0.2, 0) is 0 Å². The van der Waals surface area contributed by atoms with E-state index in [0.29, 0.717) is 5.02 Å². The van der Waals surface area contributed by atoms with E-state index in [1.165, 1.54) is 24.3 Å². The van der Waals surface area contributed by atoms with Crippen LogP contribution in [-0.4, -0.2) is 6.36 Å². The van der Waals surface area contributed by atoms with Crippen LogP contribution in [0.2, 0.25) is 5.02 Å². The zero-order valence-corrected chi connectivity index (χ0v) is 10.7. The predicted octanol–water partition coefficient (Wildman–Crippen LogP) is 5.21. The summed E-state index contributed by atoms with van der Waals surface area (Å²) in [6, 6.07) is 11.1. The second-order valence-corrected chi connectivity index (χ2v) is 4.46. The fourth-order valence-corrected chi connectivity index (χ4v) is 2.03. The van der Waals surface area contributed by atoms with Gasteiger partial charge in [0.25, 0.3) is 0 Å². The summed E-state index contributed by atoms with van der Waals surface area (Å²) >= 11 is 6.10. The molecule has 0 aromatic heterocycles. The van der Waals surface area contributed by atoms with Gasteiger partial charge in [-0.15, -0.1) is 13.2 Å². The first kappa shape index (κ1) is 13.7. The zero-order chi connectivity index (χ0) is 14.0. The Morgan fingerprint density at radius 2 is 1.63 bits per heavy atom. The molecule has 0 N–H and O–H groups in total. The second-order valence-electron chi connectivity index (χ2n) is 4.06. The molecule has 0 radical (unpaired) electrons. The van der Waals surface area contributed by atoms with Gasteiger partial charge in [-0.05, 0) is 36.2 Å². The molecular weight excluding hydrogens is 277 g/mol. The van der Waals surface area contributed by atoms with E-state index >= 15 is 0 Å². The molecule has 0 fully saturated rings. The fourth-order valence-electron chi connectivity index (χ4n) is 1.69. The van der Waals surface area contributed by atoms with Gasteiger partial charge in [0.2, 0.25) is 0 Å². The van der Waals surface area contributed by atoms with Gasteiger partial charge in [0.05, 0.1) is 0 Å². The first-order valence-electron chi connectivity index (χ1n) is 5.47. The zero-order valence-electron chi connectivity index (χ0n) is 9.96. The summed E-state index contributed by atoms with van der Waals surface area (Å²) in [7, 11) is 0. The van der Waals surface area contributed by atoms with Crippen LogP contribution in [0.15, 0.2) is 42.5 Å². The number of rotatable bonds is 2. The van der Waals surface area contributed by atoms with Gasteiger partial charge in [0, 0.05) is 10.6 Å². The lowest BCUT2D eigenvalue weighted by Gasteiger charge is -2.10. The molecule has 0 aliphatic heterocycles. The monoisotopic (exact) mass is 286 g/mol. The Morgan fingerprint density at radius 1 is 1.00 bits per heavy atom. The van der Waals surface area contributed by atoms with E-state index in [4.69, 9.17) is 11.6 Å². The molecule has 1 nitrogen and oxygen atoms in total. The van der Waals surface area contributed by atoms with Crippen molar-refractivity contribution in [2.24, 2.45) is 0 Å². The maximum atomic E-state index is 12.0. The van der Waals surface area contributed by atoms with E-state index in [1.807, 2.05) is 19.1 Å². The average molecular weight is 287 g/mol. The Balaban J connectivity index is 2.27. The summed E-state index contributed by atoms with van der Waals surface area (Å²) in [5, 5.41) is 0.560. The van der Waals surface area contributed by atoms with Crippen molar-refractivity contribution in [1.82, 2.24) is 0 Å². The molecule has 2 aromatic carbocycles. The van der Waals surface area contributed by atoms with Gasteiger partial charge < -0.3 is 4.74 Å². The smallest absolute Gasteiger partial charge is 0.406 e. The van der Waals surface area contributed by atoms with Crippen molar-refractivity contribution in [3.63, 3.8) is 0 Å². The van der Waals surface area contributed by atoms with Crippen LogP contribution in [0.5, 0.6) is 5.75 Å². The molecule has 0 amide bonds. The van der Waals surface area contributed by atoms with Gasteiger partial charge >= 0.3 is 6.36 Å². The molecule has 0 aliphatic rings. The Morgan fingerprint density at radius 3 is 2.16 bits per heavy atom. The van der Waals surface area contributed by atoms with E-state index < -0.39 is 6.36 Å². The lowest BCUT2D eigenvalue weighted by atomic mass is 10.0. The van der Waals surface area contributed by atoms with Crippen LogP contribution >= 0.6 is 11.6 Å². The normalized spacial score (nSPS) is 11.4. The Kier molecular flexibility index (Phi) is 3.71. The van der Waals surface area contributed by atoms with Crippen molar-refractivity contribution >= 4 is 11.6 Å². The SMILES string of the molecule is Cc1ccc(-c2ccc(OC(F)(F)F)cc2)c(Cl)c1. The molecule has 0 spiro atoms. The van der Waals surface area contributed by atoms with Crippen molar-refractivity contribution < 1.29 is 17.9 Å². The highest BCUT2D eigenvalue weighted by Gasteiger charge is 2.30. The minimum absolute atomic E-state index is 0.250. The highest BCUT2D eigenvalue weighted by atomic mass is 35.5. The van der Waals surface area contributed by atoms with Gasteiger partial charge in [-0.2, -0.15) is 0 Å². The topological polar surface area (TPSA) is 9.23 Å². The molecule has 100 valence electrons. The molecule has 0 bridgehead atoms. The fraction of sp³-hybridized carbons (Fsp3) is 0.143. The summed E-state index contributed by atoms with van der Waals surface area (Å²) in [4.78, 5) is 0.